The molecule has 24 heavy (non-hydrogen) atoms. The van der Waals surface area contributed by atoms with Crippen molar-refractivity contribution in [1.82, 2.24) is 0 Å². The van der Waals surface area contributed by atoms with Crippen molar-refractivity contribution in [2.24, 2.45) is 0 Å². The zero-order chi connectivity index (χ0) is 17.7. The molecule has 0 heterocycles. The minimum Gasteiger partial charge on any atom is -0.495 e. The third-order valence-electron chi connectivity index (χ3n) is 3.19. The van der Waals surface area contributed by atoms with Crippen LogP contribution in [0.3, 0.4) is 0 Å². The highest BCUT2D eigenvalue weighted by molar-refractivity contribution is 9.10. The summed E-state index contributed by atoms with van der Waals surface area (Å²) in [5.74, 6) is 1.22. The molecule has 0 spiro atoms. The fourth-order valence-electron chi connectivity index (χ4n) is 2.11. The Morgan fingerprint density at radius 1 is 1.17 bits per heavy atom. The van der Waals surface area contributed by atoms with Gasteiger partial charge in [0.05, 0.1) is 31.0 Å². The second-order valence-electron chi connectivity index (χ2n) is 4.72. The van der Waals surface area contributed by atoms with Crippen molar-refractivity contribution in [3.05, 3.63) is 45.4 Å². The minimum absolute atomic E-state index is 0.322. The van der Waals surface area contributed by atoms with Gasteiger partial charge in [-0.05, 0) is 53.2 Å². The molecular weight excluding hydrogens is 398 g/mol. The number of carbonyl (C=O) groups excluding carboxylic acids is 1. The van der Waals surface area contributed by atoms with Crippen LogP contribution in [-0.4, -0.2) is 26.7 Å². The Morgan fingerprint density at radius 3 is 2.50 bits per heavy atom. The van der Waals surface area contributed by atoms with Gasteiger partial charge in [-0.25, -0.2) is 0 Å². The molecule has 1 amide bonds. The number of hydrogen-bond donors (Lipinski definition) is 1. The fourth-order valence-corrected chi connectivity index (χ4v) is 2.84. The van der Waals surface area contributed by atoms with E-state index in [9.17, 15) is 4.79 Å². The van der Waals surface area contributed by atoms with E-state index >= 15 is 0 Å². The van der Waals surface area contributed by atoms with Gasteiger partial charge in [0.1, 0.15) is 5.75 Å². The van der Waals surface area contributed by atoms with Crippen LogP contribution < -0.4 is 19.5 Å². The van der Waals surface area contributed by atoms with Crippen LogP contribution in [-0.2, 0) is 0 Å². The Balaban J connectivity index is 2.34. The maximum Gasteiger partial charge on any atom is 0.255 e. The predicted molar refractivity (Wildman–Crippen MR) is 97.8 cm³/mol. The lowest BCUT2D eigenvalue weighted by Gasteiger charge is -2.14. The second-order valence-corrected chi connectivity index (χ2v) is 6.01. The molecule has 0 saturated heterocycles. The average Bonchev–Trinajstić information content (AvgIpc) is 2.56. The van der Waals surface area contributed by atoms with Crippen LogP contribution in [0.1, 0.15) is 17.3 Å². The highest BCUT2D eigenvalue weighted by Gasteiger charge is 2.17. The summed E-state index contributed by atoms with van der Waals surface area (Å²) in [5, 5.41) is 3.28. The zero-order valence-corrected chi connectivity index (χ0v) is 15.8. The van der Waals surface area contributed by atoms with Gasteiger partial charge in [0, 0.05) is 10.6 Å². The van der Waals surface area contributed by atoms with Gasteiger partial charge in [0.2, 0.25) is 0 Å². The number of rotatable bonds is 6. The summed E-state index contributed by atoms with van der Waals surface area (Å²) in [6.07, 6.45) is 0. The Labute approximate surface area is 154 Å². The van der Waals surface area contributed by atoms with Gasteiger partial charge in [0.25, 0.3) is 5.91 Å². The average molecular weight is 415 g/mol. The second kappa shape index (κ2) is 8.26. The van der Waals surface area contributed by atoms with E-state index in [1.165, 1.54) is 14.2 Å². The SMILES string of the molecule is CCOc1c(Br)cc(C(=O)Nc2cc(Cl)ccc2OC)cc1OC. The lowest BCUT2D eigenvalue weighted by Crippen LogP contribution is -2.13. The molecule has 0 atom stereocenters. The first-order valence-corrected chi connectivity index (χ1v) is 8.32. The summed E-state index contributed by atoms with van der Waals surface area (Å²) >= 11 is 9.38. The van der Waals surface area contributed by atoms with E-state index in [4.69, 9.17) is 25.8 Å². The number of carbonyl (C=O) groups is 1. The summed E-state index contributed by atoms with van der Waals surface area (Å²) in [7, 11) is 3.04. The van der Waals surface area contributed by atoms with Gasteiger partial charge in [-0.15, -0.1) is 0 Å². The predicted octanol–water partition coefficient (Wildman–Crippen LogP) is 4.77. The number of amides is 1. The highest BCUT2D eigenvalue weighted by Crippen LogP contribution is 2.37. The quantitative estimate of drug-likeness (QED) is 0.740. The Hall–Kier alpha value is -1.92. The van der Waals surface area contributed by atoms with E-state index in [-0.39, 0.29) is 5.91 Å². The van der Waals surface area contributed by atoms with Gasteiger partial charge < -0.3 is 19.5 Å². The fraction of sp³-hybridized carbons (Fsp3) is 0.235. The third kappa shape index (κ3) is 4.13. The summed E-state index contributed by atoms with van der Waals surface area (Å²) < 4.78 is 16.7. The number of methoxy groups -OCH3 is 2. The van der Waals surface area contributed by atoms with Crippen LogP contribution in [0.5, 0.6) is 17.2 Å². The topological polar surface area (TPSA) is 56.8 Å². The van der Waals surface area contributed by atoms with E-state index in [0.29, 0.717) is 44.6 Å². The van der Waals surface area contributed by atoms with E-state index in [2.05, 4.69) is 21.2 Å². The van der Waals surface area contributed by atoms with Gasteiger partial charge >= 0.3 is 0 Å². The molecular formula is C17H17BrClNO4. The molecule has 128 valence electrons. The molecule has 0 radical (unpaired) electrons. The number of anilines is 1. The van der Waals surface area contributed by atoms with Gasteiger partial charge in [-0.2, -0.15) is 0 Å². The molecule has 0 aromatic heterocycles. The van der Waals surface area contributed by atoms with Crippen LogP contribution in [0.4, 0.5) is 5.69 Å². The number of hydrogen-bond acceptors (Lipinski definition) is 4. The Bertz CT molecular complexity index is 752. The molecule has 5 nitrogen and oxygen atoms in total. The Morgan fingerprint density at radius 2 is 1.88 bits per heavy atom. The molecule has 2 aromatic rings. The normalized spacial score (nSPS) is 10.2. The summed E-state index contributed by atoms with van der Waals surface area (Å²) in [4.78, 5) is 12.6. The number of ether oxygens (including phenoxy) is 3. The monoisotopic (exact) mass is 413 g/mol. The molecule has 0 aliphatic heterocycles. The maximum atomic E-state index is 12.6. The molecule has 0 bridgehead atoms. The molecule has 2 aromatic carbocycles. The van der Waals surface area contributed by atoms with Crippen molar-refractivity contribution < 1.29 is 19.0 Å². The Kier molecular flexibility index (Phi) is 6.34. The molecule has 0 unspecified atom stereocenters. The third-order valence-corrected chi connectivity index (χ3v) is 4.01. The molecule has 0 aliphatic rings. The highest BCUT2D eigenvalue weighted by atomic mass is 79.9. The summed E-state index contributed by atoms with van der Waals surface area (Å²) in [6.45, 7) is 2.36. The van der Waals surface area contributed by atoms with Crippen LogP contribution in [0.2, 0.25) is 5.02 Å². The summed E-state index contributed by atoms with van der Waals surface area (Å²) in [6, 6.07) is 8.28. The lowest BCUT2D eigenvalue weighted by atomic mass is 10.1. The molecule has 1 N–H and O–H groups in total. The van der Waals surface area contributed by atoms with Crippen molar-refractivity contribution in [1.29, 1.82) is 0 Å². The number of benzene rings is 2. The van der Waals surface area contributed by atoms with Crippen LogP contribution >= 0.6 is 27.5 Å². The van der Waals surface area contributed by atoms with Crippen molar-refractivity contribution >= 4 is 39.1 Å². The minimum atomic E-state index is -0.322. The smallest absolute Gasteiger partial charge is 0.255 e. The van der Waals surface area contributed by atoms with Gasteiger partial charge in [-0.1, -0.05) is 11.6 Å². The summed E-state index contributed by atoms with van der Waals surface area (Å²) in [5.41, 5.74) is 0.892. The van der Waals surface area contributed by atoms with Crippen LogP contribution in [0.15, 0.2) is 34.8 Å². The molecule has 7 heteroatoms. The number of nitrogens with one attached hydrogen (secondary N) is 1. The van der Waals surface area contributed by atoms with Gasteiger partial charge in [-0.3, -0.25) is 4.79 Å². The molecule has 2 rings (SSSR count). The van der Waals surface area contributed by atoms with E-state index in [1.54, 1.807) is 30.3 Å². The van der Waals surface area contributed by atoms with Crippen molar-refractivity contribution in [3.63, 3.8) is 0 Å². The first-order valence-electron chi connectivity index (χ1n) is 7.15. The van der Waals surface area contributed by atoms with Gasteiger partial charge in [0.15, 0.2) is 11.5 Å². The largest absolute Gasteiger partial charge is 0.495 e. The van der Waals surface area contributed by atoms with Crippen molar-refractivity contribution in [3.8, 4) is 17.2 Å². The first-order chi connectivity index (χ1) is 11.5. The molecule has 0 aliphatic carbocycles. The first kappa shape index (κ1) is 18.4. The standard InChI is InChI=1S/C17H17BrClNO4/c1-4-24-16-12(18)7-10(8-15(16)23-3)17(21)20-13-9-11(19)5-6-14(13)22-2/h5-9H,4H2,1-3H3,(H,20,21). The zero-order valence-electron chi connectivity index (χ0n) is 13.5. The van der Waals surface area contributed by atoms with Crippen molar-refractivity contribution in [2.75, 3.05) is 26.1 Å². The number of halogens is 2. The van der Waals surface area contributed by atoms with Crippen LogP contribution in [0, 0.1) is 0 Å². The molecule has 0 fully saturated rings. The maximum absolute atomic E-state index is 12.6. The van der Waals surface area contributed by atoms with E-state index in [0.717, 1.165) is 0 Å². The van der Waals surface area contributed by atoms with Crippen LogP contribution in [0.25, 0.3) is 0 Å². The molecule has 0 saturated carbocycles. The van der Waals surface area contributed by atoms with Crippen molar-refractivity contribution in [2.45, 2.75) is 6.92 Å². The lowest BCUT2D eigenvalue weighted by molar-refractivity contribution is 0.102. The van der Waals surface area contributed by atoms with E-state index < -0.39 is 0 Å². The van der Waals surface area contributed by atoms with E-state index in [1.807, 2.05) is 6.92 Å².